The highest BCUT2D eigenvalue weighted by Gasteiger charge is 2.40. The van der Waals surface area contributed by atoms with E-state index in [1.807, 2.05) is 53.3 Å². The summed E-state index contributed by atoms with van der Waals surface area (Å²) in [5.74, 6) is -0.651. The first-order valence-electron chi connectivity index (χ1n) is 13.1. The van der Waals surface area contributed by atoms with Gasteiger partial charge in [-0.15, -0.1) is 45.3 Å². The number of esters is 1. The summed E-state index contributed by atoms with van der Waals surface area (Å²) in [5.41, 5.74) is 0. The Balaban J connectivity index is 1.29. The van der Waals surface area contributed by atoms with E-state index in [4.69, 9.17) is 14.2 Å². The van der Waals surface area contributed by atoms with Crippen molar-refractivity contribution in [3.63, 3.8) is 0 Å². The molecule has 41 heavy (non-hydrogen) atoms. The van der Waals surface area contributed by atoms with Crippen molar-refractivity contribution in [2.75, 3.05) is 45.1 Å². The van der Waals surface area contributed by atoms with Gasteiger partial charge in [-0.25, -0.2) is 4.79 Å². The Morgan fingerprint density at radius 2 is 1.32 bits per heavy atom. The van der Waals surface area contributed by atoms with Crippen LogP contribution in [0.1, 0.15) is 32.7 Å². The topological polar surface area (TPSA) is 80.3 Å². The third kappa shape index (κ3) is 6.68. The molecule has 4 aromatic heterocycles. The minimum Gasteiger partial charge on any atom is -0.453 e. The van der Waals surface area contributed by atoms with Crippen LogP contribution in [-0.4, -0.2) is 71.7 Å². The molecule has 8 nitrogen and oxygen atoms in total. The van der Waals surface area contributed by atoms with Crippen LogP contribution in [0.15, 0.2) is 48.5 Å². The number of nitrogens with one attached hydrogen (secondary N) is 1. The summed E-state index contributed by atoms with van der Waals surface area (Å²) < 4.78 is 17.4. The molecule has 0 saturated carbocycles. The lowest BCUT2D eigenvalue weighted by Crippen LogP contribution is -2.56. The quantitative estimate of drug-likeness (QED) is 0.211. The fraction of sp³-hybridized carbons (Fsp3) is 0.379. The number of carbonyl (C=O) groups is 2. The summed E-state index contributed by atoms with van der Waals surface area (Å²) in [7, 11) is 9.60. The SMILES string of the molecule is CO[C@H]1C[C@H](NC(=O)c2ccc(-c3ccc(N(C)C)s3)s2)[C@@H](OC(=O)c2ccc(-c3ccc(N(C)C)s3)s2)[C@H](C)O1. The summed E-state index contributed by atoms with van der Waals surface area (Å²) in [4.78, 5) is 36.1. The van der Waals surface area contributed by atoms with Crippen LogP contribution >= 0.6 is 45.3 Å². The van der Waals surface area contributed by atoms with Gasteiger partial charge in [-0.3, -0.25) is 4.79 Å². The number of hydrogen-bond acceptors (Lipinski definition) is 11. The van der Waals surface area contributed by atoms with E-state index >= 15 is 0 Å². The fourth-order valence-corrected chi connectivity index (χ4v) is 8.34. The Bertz CT molecular complexity index is 1500. The third-order valence-electron chi connectivity index (χ3n) is 6.68. The Labute approximate surface area is 256 Å². The van der Waals surface area contributed by atoms with Crippen LogP contribution in [0, 0.1) is 0 Å². The standard InChI is InChI=1S/C29H33N3O5S4/c1-16-27(37-29(34)23-10-8-19(39-23)21-12-14-25(41-21)32(4)5)17(15-26(35-6)36-16)30-28(33)22-9-7-18(38-22)20-11-13-24(40-20)31(2)3/h7-14,16-17,26-27H,15H2,1-6H3,(H,30,33)/t16-,17-,26+,27-/m0/s1. The summed E-state index contributed by atoms with van der Waals surface area (Å²) in [6.45, 7) is 1.83. The lowest BCUT2D eigenvalue weighted by molar-refractivity contribution is -0.214. The van der Waals surface area contributed by atoms with Crippen molar-refractivity contribution in [1.82, 2.24) is 5.32 Å². The van der Waals surface area contributed by atoms with E-state index in [1.54, 1.807) is 35.8 Å². The van der Waals surface area contributed by atoms with E-state index in [1.165, 1.54) is 22.7 Å². The lowest BCUT2D eigenvalue weighted by atomic mass is 9.99. The molecule has 1 aliphatic heterocycles. The predicted octanol–water partition coefficient (Wildman–Crippen LogP) is 6.50. The van der Waals surface area contributed by atoms with Gasteiger partial charge in [0, 0.05) is 61.2 Å². The number of thiophene rings is 4. The molecular weight excluding hydrogens is 599 g/mol. The van der Waals surface area contributed by atoms with E-state index in [0.717, 1.165) is 29.5 Å². The molecule has 0 spiro atoms. The maximum absolute atomic E-state index is 13.4. The van der Waals surface area contributed by atoms with E-state index in [0.29, 0.717) is 16.2 Å². The average Bonchev–Trinajstić information content (AvgIpc) is 3.74. The number of amides is 1. The van der Waals surface area contributed by atoms with Crippen molar-refractivity contribution in [3.8, 4) is 19.5 Å². The summed E-state index contributed by atoms with van der Waals surface area (Å²) in [5, 5.41) is 5.39. The molecule has 0 unspecified atom stereocenters. The van der Waals surface area contributed by atoms with Crippen molar-refractivity contribution < 1.29 is 23.8 Å². The van der Waals surface area contributed by atoms with Crippen LogP contribution in [0.3, 0.4) is 0 Å². The van der Waals surface area contributed by atoms with Crippen molar-refractivity contribution in [1.29, 1.82) is 0 Å². The molecule has 5 rings (SSSR count). The molecule has 218 valence electrons. The molecule has 5 heterocycles. The Hall–Kier alpha value is -2.74. The van der Waals surface area contributed by atoms with Gasteiger partial charge in [0.2, 0.25) is 0 Å². The highest BCUT2D eigenvalue weighted by molar-refractivity contribution is 7.25. The molecule has 12 heteroatoms. The average molecular weight is 632 g/mol. The molecule has 1 saturated heterocycles. The minimum absolute atomic E-state index is 0.214. The third-order valence-corrected chi connectivity index (χ3v) is 11.7. The van der Waals surface area contributed by atoms with Crippen molar-refractivity contribution in [2.45, 2.75) is 37.9 Å². The predicted molar refractivity (Wildman–Crippen MR) is 170 cm³/mol. The first-order chi connectivity index (χ1) is 19.6. The number of nitrogens with zero attached hydrogens (tertiary/aromatic N) is 2. The van der Waals surface area contributed by atoms with Crippen molar-refractivity contribution in [2.24, 2.45) is 0 Å². The molecule has 1 N–H and O–H groups in total. The second-order valence-corrected chi connectivity index (χ2v) is 14.4. The Kier molecular flexibility index (Phi) is 9.17. The van der Waals surface area contributed by atoms with Gasteiger partial charge in [0.15, 0.2) is 6.29 Å². The number of rotatable bonds is 9. The molecule has 0 aliphatic carbocycles. The second kappa shape index (κ2) is 12.6. The van der Waals surface area contributed by atoms with E-state index in [-0.39, 0.29) is 5.91 Å². The zero-order chi connectivity index (χ0) is 29.3. The van der Waals surface area contributed by atoms with Crippen molar-refractivity contribution >= 4 is 67.2 Å². The van der Waals surface area contributed by atoms with Crippen molar-refractivity contribution in [3.05, 3.63) is 58.3 Å². The van der Waals surface area contributed by atoms with Crippen LogP contribution in [-0.2, 0) is 14.2 Å². The minimum atomic E-state index is -0.676. The summed E-state index contributed by atoms with van der Waals surface area (Å²) in [6.07, 6.45) is -1.31. The normalized spacial score (nSPS) is 20.5. The Morgan fingerprint density at radius 3 is 1.85 bits per heavy atom. The van der Waals surface area contributed by atoms with E-state index in [9.17, 15) is 9.59 Å². The molecule has 1 fully saturated rings. The molecule has 0 bridgehead atoms. The van der Waals surface area contributed by atoms with Crippen LogP contribution < -0.4 is 15.1 Å². The molecule has 0 radical (unpaired) electrons. The maximum Gasteiger partial charge on any atom is 0.348 e. The number of ether oxygens (including phenoxy) is 3. The van der Waals surface area contributed by atoms with Gasteiger partial charge < -0.3 is 29.3 Å². The van der Waals surface area contributed by atoms with Gasteiger partial charge in [0.1, 0.15) is 11.0 Å². The smallest absolute Gasteiger partial charge is 0.348 e. The zero-order valence-electron chi connectivity index (χ0n) is 23.7. The molecule has 1 amide bonds. The highest BCUT2D eigenvalue weighted by Crippen LogP contribution is 2.38. The number of hydrogen-bond donors (Lipinski definition) is 1. The second-order valence-electron chi connectivity index (χ2n) is 10.1. The van der Waals surface area contributed by atoms with E-state index in [2.05, 4.69) is 39.4 Å². The van der Waals surface area contributed by atoms with Gasteiger partial charge >= 0.3 is 5.97 Å². The van der Waals surface area contributed by atoms with Gasteiger partial charge in [-0.05, 0) is 55.5 Å². The first-order valence-corrected chi connectivity index (χ1v) is 16.3. The number of anilines is 2. The number of carbonyl (C=O) groups excluding carboxylic acids is 2. The molecule has 1 aliphatic rings. The zero-order valence-corrected chi connectivity index (χ0v) is 27.0. The molecule has 4 atom stereocenters. The largest absolute Gasteiger partial charge is 0.453 e. The number of methoxy groups -OCH3 is 1. The van der Waals surface area contributed by atoms with Gasteiger partial charge in [0.25, 0.3) is 5.91 Å². The maximum atomic E-state index is 13.4. The lowest BCUT2D eigenvalue weighted by Gasteiger charge is -2.39. The van der Waals surface area contributed by atoms with Gasteiger partial charge in [0.05, 0.1) is 27.0 Å². The van der Waals surface area contributed by atoms with Gasteiger partial charge in [-0.2, -0.15) is 0 Å². The van der Waals surface area contributed by atoms with Gasteiger partial charge in [-0.1, -0.05) is 0 Å². The molecular formula is C29H33N3O5S4. The van der Waals surface area contributed by atoms with E-state index < -0.39 is 30.5 Å². The fourth-order valence-electron chi connectivity index (χ4n) is 4.51. The van der Waals surface area contributed by atoms with Crippen LogP contribution in [0.2, 0.25) is 0 Å². The summed E-state index contributed by atoms with van der Waals surface area (Å²) in [6, 6.07) is 15.3. The first kappa shape index (κ1) is 29.7. The highest BCUT2D eigenvalue weighted by atomic mass is 32.1. The van der Waals surface area contributed by atoms with Crippen LogP contribution in [0.4, 0.5) is 10.0 Å². The molecule has 4 aromatic rings. The molecule has 0 aromatic carbocycles. The monoisotopic (exact) mass is 631 g/mol. The summed E-state index contributed by atoms with van der Waals surface area (Å²) >= 11 is 6.18. The van der Waals surface area contributed by atoms with Crippen LogP contribution in [0.25, 0.3) is 19.5 Å². The Morgan fingerprint density at radius 1 is 0.805 bits per heavy atom. The van der Waals surface area contributed by atoms with Crippen LogP contribution in [0.5, 0.6) is 0 Å².